The van der Waals surface area contributed by atoms with Crippen molar-refractivity contribution >= 4 is 11.6 Å². The summed E-state index contributed by atoms with van der Waals surface area (Å²) in [4.78, 5) is 4.47. The van der Waals surface area contributed by atoms with Crippen LogP contribution < -0.4 is 16.6 Å². The number of anilines is 1. The molecule has 1 unspecified atom stereocenters. The van der Waals surface area contributed by atoms with Gasteiger partial charge in [0.1, 0.15) is 0 Å². The predicted octanol–water partition coefficient (Wildman–Crippen LogP) is 1.20. The number of nitrogens with two attached hydrogens (primary N) is 1. The predicted molar refractivity (Wildman–Crippen MR) is 76.5 cm³/mol. The fourth-order valence-electron chi connectivity index (χ4n) is 1.70. The molecule has 0 spiro atoms. The number of para-hydroxylation sites is 1. The molecule has 0 saturated carbocycles. The lowest BCUT2D eigenvalue weighted by Gasteiger charge is -2.12. The first-order chi connectivity index (χ1) is 9.28. The van der Waals surface area contributed by atoms with Gasteiger partial charge < -0.3 is 5.32 Å². The summed E-state index contributed by atoms with van der Waals surface area (Å²) in [5.41, 5.74) is 3.51. The lowest BCUT2D eigenvalue weighted by molar-refractivity contribution is 0.539. The molecule has 0 aliphatic rings. The Hall–Kier alpha value is -2.34. The van der Waals surface area contributed by atoms with Gasteiger partial charge in [0.2, 0.25) is 5.96 Å². The van der Waals surface area contributed by atoms with Gasteiger partial charge in [-0.2, -0.15) is 5.10 Å². The molecule has 0 fully saturated rings. The van der Waals surface area contributed by atoms with E-state index in [1.54, 1.807) is 6.20 Å². The van der Waals surface area contributed by atoms with Crippen LogP contribution >= 0.6 is 0 Å². The van der Waals surface area contributed by atoms with E-state index in [1.807, 2.05) is 54.2 Å². The van der Waals surface area contributed by atoms with Crippen molar-refractivity contribution in [2.45, 2.75) is 19.5 Å². The Balaban J connectivity index is 1.98. The Kier molecular flexibility index (Phi) is 4.52. The van der Waals surface area contributed by atoms with Crippen LogP contribution in [0.5, 0.6) is 0 Å². The molecule has 0 aliphatic carbocycles. The molecule has 2 aromatic rings. The van der Waals surface area contributed by atoms with Gasteiger partial charge in [-0.15, -0.1) is 0 Å². The van der Waals surface area contributed by atoms with Crippen molar-refractivity contribution in [2.24, 2.45) is 10.8 Å². The molecule has 0 saturated heterocycles. The van der Waals surface area contributed by atoms with E-state index in [2.05, 4.69) is 20.8 Å². The van der Waals surface area contributed by atoms with Crippen molar-refractivity contribution < 1.29 is 0 Å². The van der Waals surface area contributed by atoms with Gasteiger partial charge in [0.15, 0.2) is 0 Å². The zero-order chi connectivity index (χ0) is 13.5. The quantitative estimate of drug-likeness (QED) is 0.333. The highest BCUT2D eigenvalue weighted by atomic mass is 15.3. The molecule has 1 atom stereocenters. The second-order valence-electron chi connectivity index (χ2n) is 4.19. The van der Waals surface area contributed by atoms with Gasteiger partial charge in [-0.3, -0.25) is 10.1 Å². The molecule has 6 heteroatoms. The Morgan fingerprint density at radius 3 is 2.79 bits per heavy atom. The largest absolute Gasteiger partial charge is 0.325 e. The maximum atomic E-state index is 5.48. The maximum Gasteiger partial charge on any atom is 0.210 e. The molecule has 0 radical (unpaired) electrons. The standard InChI is InChI=1S/C13H18N6/c1-11(10-19-9-5-8-15-19)16-13(18-14)17-12-6-3-2-4-7-12/h2-9,11H,10,14H2,1H3,(H2,16,17,18). The van der Waals surface area contributed by atoms with Gasteiger partial charge in [-0.1, -0.05) is 18.2 Å². The number of benzene rings is 1. The number of nitrogens with one attached hydrogen (secondary N) is 2. The average Bonchev–Trinajstić information content (AvgIpc) is 2.92. The van der Waals surface area contributed by atoms with Crippen LogP contribution in [0.1, 0.15) is 6.92 Å². The molecule has 2 rings (SSSR count). The second-order valence-corrected chi connectivity index (χ2v) is 4.19. The molecule has 19 heavy (non-hydrogen) atoms. The lowest BCUT2D eigenvalue weighted by Crippen LogP contribution is -2.37. The maximum absolute atomic E-state index is 5.48. The van der Waals surface area contributed by atoms with E-state index >= 15 is 0 Å². The van der Waals surface area contributed by atoms with Crippen LogP contribution in [-0.2, 0) is 6.54 Å². The fourth-order valence-corrected chi connectivity index (χ4v) is 1.70. The van der Waals surface area contributed by atoms with Crippen LogP contribution in [0.2, 0.25) is 0 Å². The third-order valence-electron chi connectivity index (χ3n) is 2.53. The highest BCUT2D eigenvalue weighted by Gasteiger charge is 2.04. The molecule has 0 bridgehead atoms. The molecule has 0 amide bonds. The van der Waals surface area contributed by atoms with E-state index in [4.69, 9.17) is 5.84 Å². The Labute approximate surface area is 112 Å². The monoisotopic (exact) mass is 258 g/mol. The topological polar surface area (TPSA) is 80.3 Å². The molecular weight excluding hydrogens is 240 g/mol. The molecular formula is C13H18N6. The summed E-state index contributed by atoms with van der Waals surface area (Å²) < 4.78 is 1.84. The minimum Gasteiger partial charge on any atom is -0.325 e. The summed E-state index contributed by atoms with van der Waals surface area (Å²) in [6, 6.07) is 11.7. The summed E-state index contributed by atoms with van der Waals surface area (Å²) in [7, 11) is 0. The third-order valence-corrected chi connectivity index (χ3v) is 2.53. The average molecular weight is 258 g/mol. The Bertz CT molecular complexity index is 505. The van der Waals surface area contributed by atoms with Gasteiger partial charge in [0, 0.05) is 18.1 Å². The number of hydrogen-bond acceptors (Lipinski definition) is 3. The molecule has 100 valence electrons. The van der Waals surface area contributed by atoms with Crippen molar-refractivity contribution in [1.29, 1.82) is 0 Å². The zero-order valence-corrected chi connectivity index (χ0v) is 10.8. The number of hydrazine groups is 1. The first kappa shape index (κ1) is 13.1. The minimum absolute atomic E-state index is 0.0576. The second kappa shape index (κ2) is 6.55. The molecule has 0 aliphatic heterocycles. The number of aliphatic imine (C=N–C) groups is 1. The minimum atomic E-state index is 0.0576. The van der Waals surface area contributed by atoms with E-state index in [9.17, 15) is 0 Å². The first-order valence-corrected chi connectivity index (χ1v) is 6.12. The SMILES string of the molecule is CC(Cn1cccn1)N=C(NN)Nc1ccccc1. The van der Waals surface area contributed by atoms with E-state index in [-0.39, 0.29) is 6.04 Å². The van der Waals surface area contributed by atoms with Gasteiger partial charge in [0.25, 0.3) is 0 Å². The van der Waals surface area contributed by atoms with E-state index in [0.717, 1.165) is 5.69 Å². The van der Waals surface area contributed by atoms with Crippen LogP contribution in [0, 0.1) is 0 Å². The van der Waals surface area contributed by atoms with Gasteiger partial charge in [-0.05, 0) is 25.1 Å². The molecule has 4 N–H and O–H groups in total. The lowest BCUT2D eigenvalue weighted by atomic mass is 10.3. The molecule has 1 heterocycles. The van der Waals surface area contributed by atoms with Gasteiger partial charge >= 0.3 is 0 Å². The van der Waals surface area contributed by atoms with Crippen molar-refractivity contribution in [2.75, 3.05) is 5.32 Å². The Morgan fingerprint density at radius 1 is 1.37 bits per heavy atom. The fraction of sp³-hybridized carbons (Fsp3) is 0.231. The Morgan fingerprint density at radius 2 is 2.16 bits per heavy atom. The molecule has 6 nitrogen and oxygen atoms in total. The third kappa shape index (κ3) is 4.11. The highest BCUT2D eigenvalue weighted by Crippen LogP contribution is 2.05. The van der Waals surface area contributed by atoms with Crippen LogP contribution in [0.4, 0.5) is 5.69 Å². The van der Waals surface area contributed by atoms with E-state index < -0.39 is 0 Å². The first-order valence-electron chi connectivity index (χ1n) is 6.12. The van der Waals surface area contributed by atoms with Crippen molar-refractivity contribution in [3.63, 3.8) is 0 Å². The molecule has 1 aromatic carbocycles. The van der Waals surface area contributed by atoms with Crippen LogP contribution in [0.25, 0.3) is 0 Å². The zero-order valence-electron chi connectivity index (χ0n) is 10.8. The summed E-state index contributed by atoms with van der Waals surface area (Å²) in [6.07, 6.45) is 3.66. The number of rotatable bonds is 4. The summed E-state index contributed by atoms with van der Waals surface area (Å²) in [5.74, 6) is 6.01. The summed E-state index contributed by atoms with van der Waals surface area (Å²) >= 11 is 0. The molecule has 1 aromatic heterocycles. The number of aromatic nitrogens is 2. The number of hydrogen-bond donors (Lipinski definition) is 3. The summed E-state index contributed by atoms with van der Waals surface area (Å²) in [5, 5.41) is 7.27. The summed E-state index contributed by atoms with van der Waals surface area (Å²) in [6.45, 7) is 2.71. The van der Waals surface area contributed by atoms with Crippen molar-refractivity contribution in [3.8, 4) is 0 Å². The van der Waals surface area contributed by atoms with E-state index in [1.165, 1.54) is 0 Å². The van der Waals surface area contributed by atoms with Crippen LogP contribution in [0.15, 0.2) is 53.8 Å². The smallest absolute Gasteiger partial charge is 0.210 e. The highest BCUT2D eigenvalue weighted by molar-refractivity contribution is 5.93. The van der Waals surface area contributed by atoms with Crippen LogP contribution in [-0.4, -0.2) is 21.8 Å². The normalized spacial score (nSPS) is 13.1. The number of nitrogens with zero attached hydrogens (tertiary/aromatic N) is 3. The van der Waals surface area contributed by atoms with Crippen LogP contribution in [0.3, 0.4) is 0 Å². The number of guanidine groups is 1. The van der Waals surface area contributed by atoms with Crippen molar-refractivity contribution in [1.82, 2.24) is 15.2 Å². The van der Waals surface area contributed by atoms with Gasteiger partial charge in [-0.25, -0.2) is 10.8 Å². The van der Waals surface area contributed by atoms with Gasteiger partial charge in [0.05, 0.1) is 12.6 Å². The van der Waals surface area contributed by atoms with E-state index in [0.29, 0.717) is 12.5 Å². The van der Waals surface area contributed by atoms with Crippen molar-refractivity contribution in [3.05, 3.63) is 48.8 Å².